The Balaban J connectivity index is 3.11. The molecule has 0 heterocycles. The minimum Gasteiger partial charge on any atom is -0.497 e. The molecule has 4 heteroatoms. The van der Waals surface area contributed by atoms with Crippen LogP contribution in [0.3, 0.4) is 0 Å². The summed E-state index contributed by atoms with van der Waals surface area (Å²) >= 11 is 0. The van der Waals surface area contributed by atoms with E-state index in [1.54, 1.807) is 19.2 Å². The van der Waals surface area contributed by atoms with Crippen LogP contribution < -0.4 is 9.64 Å². The maximum absolute atomic E-state index is 9.01. The van der Waals surface area contributed by atoms with E-state index in [4.69, 9.17) is 15.1 Å². The summed E-state index contributed by atoms with van der Waals surface area (Å²) in [6.45, 7) is 3.30. The lowest BCUT2D eigenvalue weighted by Crippen LogP contribution is -2.26. The van der Waals surface area contributed by atoms with Gasteiger partial charge in [0.05, 0.1) is 25.0 Å². The number of hydrogen-bond acceptors (Lipinski definition) is 4. The summed E-state index contributed by atoms with van der Waals surface area (Å²) in [5.41, 5.74) is 1.40. The minimum absolute atomic E-state index is 0.0654. The SMILES string of the molecule is CCN(CCO)c1cc(OC)ccc1C#N. The molecule has 0 aliphatic rings. The zero-order chi connectivity index (χ0) is 12.0. The van der Waals surface area contributed by atoms with Crippen LogP contribution in [0.5, 0.6) is 5.75 Å². The smallest absolute Gasteiger partial charge is 0.121 e. The van der Waals surface area contributed by atoms with E-state index >= 15 is 0 Å². The van der Waals surface area contributed by atoms with E-state index < -0.39 is 0 Å². The van der Waals surface area contributed by atoms with E-state index in [1.165, 1.54) is 0 Å². The highest BCUT2D eigenvalue weighted by atomic mass is 16.5. The second-order valence-electron chi connectivity index (χ2n) is 3.30. The van der Waals surface area contributed by atoms with Gasteiger partial charge in [-0.1, -0.05) is 0 Å². The van der Waals surface area contributed by atoms with E-state index in [1.807, 2.05) is 17.9 Å². The highest BCUT2D eigenvalue weighted by molar-refractivity contribution is 5.62. The Morgan fingerprint density at radius 1 is 1.50 bits per heavy atom. The van der Waals surface area contributed by atoms with Crippen LogP contribution in [0.1, 0.15) is 12.5 Å². The Labute approximate surface area is 95.7 Å². The molecule has 0 spiro atoms. The number of nitriles is 1. The molecule has 86 valence electrons. The minimum atomic E-state index is 0.0654. The van der Waals surface area contributed by atoms with Gasteiger partial charge in [-0.05, 0) is 19.1 Å². The summed E-state index contributed by atoms with van der Waals surface area (Å²) in [7, 11) is 1.59. The van der Waals surface area contributed by atoms with Crippen LogP contribution in [0, 0.1) is 11.3 Å². The molecule has 4 nitrogen and oxygen atoms in total. The van der Waals surface area contributed by atoms with Gasteiger partial charge in [-0.25, -0.2) is 0 Å². The fraction of sp³-hybridized carbons (Fsp3) is 0.417. The van der Waals surface area contributed by atoms with Gasteiger partial charge in [0.15, 0.2) is 0 Å². The lowest BCUT2D eigenvalue weighted by molar-refractivity contribution is 0.302. The van der Waals surface area contributed by atoms with E-state index in [0.717, 1.165) is 12.2 Å². The van der Waals surface area contributed by atoms with Crippen molar-refractivity contribution < 1.29 is 9.84 Å². The first kappa shape index (κ1) is 12.3. The lowest BCUT2D eigenvalue weighted by Gasteiger charge is -2.23. The van der Waals surface area contributed by atoms with E-state index in [2.05, 4.69) is 6.07 Å². The van der Waals surface area contributed by atoms with Gasteiger partial charge in [0.1, 0.15) is 11.8 Å². The van der Waals surface area contributed by atoms with Gasteiger partial charge in [0.2, 0.25) is 0 Å². The van der Waals surface area contributed by atoms with Gasteiger partial charge in [-0.2, -0.15) is 5.26 Å². The number of anilines is 1. The maximum atomic E-state index is 9.01. The van der Waals surface area contributed by atoms with Crippen LogP contribution in [0.4, 0.5) is 5.69 Å². The third kappa shape index (κ3) is 2.65. The molecule has 0 atom stereocenters. The Hall–Kier alpha value is -1.73. The molecular formula is C12H16N2O2. The van der Waals surface area contributed by atoms with Crippen LogP contribution in [0.2, 0.25) is 0 Å². The Bertz CT molecular complexity index is 385. The first-order valence-corrected chi connectivity index (χ1v) is 5.20. The first-order valence-electron chi connectivity index (χ1n) is 5.20. The number of aliphatic hydroxyl groups excluding tert-OH is 1. The van der Waals surface area contributed by atoms with Crippen LogP contribution in [0.25, 0.3) is 0 Å². The maximum Gasteiger partial charge on any atom is 0.121 e. The van der Waals surface area contributed by atoms with Crippen LogP contribution in [0.15, 0.2) is 18.2 Å². The summed E-state index contributed by atoms with van der Waals surface area (Å²) in [6, 6.07) is 7.45. The van der Waals surface area contributed by atoms with Crippen LogP contribution in [-0.2, 0) is 0 Å². The molecule has 1 aromatic carbocycles. The predicted molar refractivity (Wildman–Crippen MR) is 62.7 cm³/mol. The van der Waals surface area contributed by atoms with Crippen LogP contribution >= 0.6 is 0 Å². The largest absolute Gasteiger partial charge is 0.497 e. The molecule has 1 N–H and O–H groups in total. The summed E-state index contributed by atoms with van der Waals surface area (Å²) in [5, 5.41) is 18.0. The van der Waals surface area contributed by atoms with Gasteiger partial charge in [0, 0.05) is 19.2 Å². The summed E-state index contributed by atoms with van der Waals surface area (Å²) in [4.78, 5) is 1.95. The molecule has 0 bridgehead atoms. The molecule has 0 fully saturated rings. The van der Waals surface area contributed by atoms with Gasteiger partial charge >= 0.3 is 0 Å². The Morgan fingerprint density at radius 2 is 2.25 bits per heavy atom. The second-order valence-corrected chi connectivity index (χ2v) is 3.30. The van der Waals surface area contributed by atoms with E-state index in [9.17, 15) is 0 Å². The Kier molecular flexibility index (Phi) is 4.62. The average molecular weight is 220 g/mol. The van der Waals surface area contributed by atoms with Crippen molar-refractivity contribution in [1.29, 1.82) is 5.26 Å². The summed E-state index contributed by atoms with van der Waals surface area (Å²) in [6.07, 6.45) is 0. The van der Waals surface area contributed by atoms with Crippen molar-refractivity contribution in [2.45, 2.75) is 6.92 Å². The fourth-order valence-electron chi connectivity index (χ4n) is 1.56. The number of hydrogen-bond donors (Lipinski definition) is 1. The molecule has 0 aliphatic carbocycles. The van der Waals surface area contributed by atoms with Crippen LogP contribution in [-0.4, -0.2) is 31.9 Å². The highest BCUT2D eigenvalue weighted by Crippen LogP contribution is 2.25. The van der Waals surface area contributed by atoms with Gasteiger partial charge < -0.3 is 14.7 Å². The molecular weight excluding hydrogens is 204 g/mol. The van der Waals surface area contributed by atoms with Gasteiger partial charge in [-0.3, -0.25) is 0 Å². The molecule has 0 radical (unpaired) electrons. The molecule has 0 unspecified atom stereocenters. The molecule has 0 aromatic heterocycles. The molecule has 0 aliphatic heterocycles. The number of aliphatic hydroxyl groups is 1. The standard InChI is InChI=1S/C12H16N2O2/c1-3-14(6-7-15)12-8-11(16-2)5-4-10(12)9-13/h4-5,8,15H,3,6-7H2,1-2H3. The number of ether oxygens (including phenoxy) is 1. The van der Waals surface area contributed by atoms with Gasteiger partial charge in [-0.15, -0.1) is 0 Å². The van der Waals surface area contributed by atoms with Crippen molar-refractivity contribution in [3.8, 4) is 11.8 Å². The molecule has 0 saturated carbocycles. The lowest BCUT2D eigenvalue weighted by atomic mass is 10.1. The second kappa shape index (κ2) is 5.99. The zero-order valence-electron chi connectivity index (χ0n) is 9.60. The van der Waals surface area contributed by atoms with Crippen molar-refractivity contribution in [3.63, 3.8) is 0 Å². The topological polar surface area (TPSA) is 56.5 Å². The highest BCUT2D eigenvalue weighted by Gasteiger charge is 2.10. The Morgan fingerprint density at radius 3 is 2.75 bits per heavy atom. The fourth-order valence-corrected chi connectivity index (χ4v) is 1.56. The van der Waals surface area contributed by atoms with E-state index in [-0.39, 0.29) is 6.61 Å². The van der Waals surface area contributed by atoms with Crippen molar-refractivity contribution in [1.82, 2.24) is 0 Å². The number of nitrogens with zero attached hydrogens (tertiary/aromatic N) is 2. The van der Waals surface area contributed by atoms with E-state index in [0.29, 0.717) is 17.9 Å². The van der Waals surface area contributed by atoms with Crippen molar-refractivity contribution in [2.75, 3.05) is 31.7 Å². The number of rotatable bonds is 5. The third-order valence-electron chi connectivity index (χ3n) is 2.42. The predicted octanol–water partition coefficient (Wildman–Crippen LogP) is 1.39. The molecule has 1 rings (SSSR count). The van der Waals surface area contributed by atoms with Gasteiger partial charge in [0.25, 0.3) is 0 Å². The summed E-state index contributed by atoms with van der Waals surface area (Å²) in [5.74, 6) is 0.713. The zero-order valence-corrected chi connectivity index (χ0v) is 9.60. The average Bonchev–Trinajstić information content (AvgIpc) is 2.35. The first-order chi connectivity index (χ1) is 7.76. The normalized spacial score (nSPS) is 9.62. The molecule has 0 amide bonds. The van der Waals surface area contributed by atoms with Crippen molar-refractivity contribution >= 4 is 5.69 Å². The number of likely N-dealkylation sites (N-methyl/N-ethyl adjacent to an activating group) is 1. The van der Waals surface area contributed by atoms with Crippen molar-refractivity contribution in [3.05, 3.63) is 23.8 Å². The monoisotopic (exact) mass is 220 g/mol. The van der Waals surface area contributed by atoms with Crippen molar-refractivity contribution in [2.24, 2.45) is 0 Å². The molecule has 16 heavy (non-hydrogen) atoms. The molecule has 1 aromatic rings. The third-order valence-corrected chi connectivity index (χ3v) is 2.42. The number of methoxy groups -OCH3 is 1. The number of benzene rings is 1. The summed E-state index contributed by atoms with van der Waals surface area (Å²) < 4.78 is 5.13. The molecule has 0 saturated heterocycles. The quantitative estimate of drug-likeness (QED) is 0.814.